The molecule has 1 aromatic heterocycles. The number of nitriles is 1. The quantitative estimate of drug-likeness (QED) is 0.667. The molecular weight excluding hydrogens is 188 g/mol. The molecule has 0 unspecified atom stereocenters. The number of halogens is 1. The minimum Gasteiger partial charge on any atom is -0.369 e. The van der Waals surface area contributed by atoms with Crippen molar-refractivity contribution in [1.29, 1.82) is 5.26 Å². The number of nitrogens with one attached hydrogen (secondary N) is 1. The van der Waals surface area contributed by atoms with Gasteiger partial charge in [-0.1, -0.05) is 11.6 Å². The Balaban J connectivity index is 2.87. The number of nitrogens with zero attached hydrogens (tertiary/aromatic N) is 2. The molecule has 0 bridgehead atoms. The van der Waals surface area contributed by atoms with E-state index in [4.69, 9.17) is 22.6 Å². The van der Waals surface area contributed by atoms with E-state index in [9.17, 15) is 0 Å². The predicted molar refractivity (Wildman–Crippen MR) is 50.2 cm³/mol. The van der Waals surface area contributed by atoms with Crippen LogP contribution in [0.25, 0.3) is 11.0 Å². The lowest BCUT2D eigenvalue weighted by Crippen LogP contribution is -1.84. The molecule has 4 nitrogen and oxygen atoms in total. The molecule has 0 aliphatic carbocycles. The summed E-state index contributed by atoms with van der Waals surface area (Å²) in [6.07, 6.45) is 0. The van der Waals surface area contributed by atoms with Crippen molar-refractivity contribution in [2.24, 2.45) is 0 Å². The van der Waals surface area contributed by atoms with Gasteiger partial charge in [-0.2, -0.15) is 5.26 Å². The van der Waals surface area contributed by atoms with Gasteiger partial charge < -0.3 is 10.7 Å². The lowest BCUT2D eigenvalue weighted by Gasteiger charge is -1.93. The summed E-state index contributed by atoms with van der Waals surface area (Å²) in [5, 5.41) is 9.02. The molecule has 0 saturated heterocycles. The average molecular weight is 193 g/mol. The van der Waals surface area contributed by atoms with Crippen molar-refractivity contribution in [1.82, 2.24) is 9.97 Å². The molecule has 0 spiro atoms. The summed E-state index contributed by atoms with van der Waals surface area (Å²) >= 11 is 5.89. The standard InChI is InChI=1S/C8H5ClN4/c9-6-4(3-10)1-2-5-7(6)13-8(11)12-5/h1-2H,(H3,11,12,13). The number of nitrogen functional groups attached to an aromatic ring is 1. The van der Waals surface area contributed by atoms with E-state index >= 15 is 0 Å². The largest absolute Gasteiger partial charge is 0.369 e. The molecule has 3 N–H and O–H groups in total. The van der Waals surface area contributed by atoms with Gasteiger partial charge in [-0.3, -0.25) is 0 Å². The SMILES string of the molecule is N#Cc1ccc2[nH]c(N)nc2c1Cl. The fraction of sp³-hybridized carbons (Fsp3) is 0. The number of H-pyrrole nitrogens is 1. The van der Waals surface area contributed by atoms with E-state index in [1.54, 1.807) is 12.1 Å². The van der Waals surface area contributed by atoms with Gasteiger partial charge in [-0.25, -0.2) is 4.98 Å². The van der Waals surface area contributed by atoms with Crippen molar-refractivity contribution in [3.05, 3.63) is 22.7 Å². The Bertz CT molecular complexity index is 509. The summed E-state index contributed by atoms with van der Waals surface area (Å²) < 4.78 is 0. The average Bonchev–Trinajstić information content (AvgIpc) is 2.47. The number of nitrogens with two attached hydrogens (primary N) is 1. The fourth-order valence-corrected chi connectivity index (χ4v) is 1.40. The van der Waals surface area contributed by atoms with E-state index in [0.29, 0.717) is 22.1 Å². The highest BCUT2D eigenvalue weighted by Crippen LogP contribution is 2.25. The normalized spacial score (nSPS) is 10.2. The van der Waals surface area contributed by atoms with Crippen LogP contribution in [0.15, 0.2) is 12.1 Å². The molecule has 0 aliphatic rings. The second kappa shape index (κ2) is 2.64. The molecule has 13 heavy (non-hydrogen) atoms. The Kier molecular flexibility index (Phi) is 1.61. The zero-order valence-electron chi connectivity index (χ0n) is 6.50. The third kappa shape index (κ3) is 1.10. The summed E-state index contributed by atoms with van der Waals surface area (Å²) in [6, 6.07) is 5.32. The number of aromatic nitrogens is 2. The molecular formula is C8H5ClN4. The minimum absolute atomic E-state index is 0.298. The van der Waals surface area contributed by atoms with E-state index < -0.39 is 0 Å². The first kappa shape index (κ1) is 7.90. The van der Waals surface area contributed by atoms with Gasteiger partial charge >= 0.3 is 0 Å². The molecule has 0 fully saturated rings. The van der Waals surface area contributed by atoms with Gasteiger partial charge in [0.25, 0.3) is 0 Å². The second-order valence-corrected chi connectivity index (χ2v) is 2.94. The Hall–Kier alpha value is -1.73. The molecule has 2 rings (SSSR count). The van der Waals surface area contributed by atoms with Crippen molar-refractivity contribution in [3.63, 3.8) is 0 Å². The summed E-state index contributed by atoms with van der Waals surface area (Å²) in [5.74, 6) is 0.298. The van der Waals surface area contributed by atoms with Crippen LogP contribution in [0.2, 0.25) is 5.02 Å². The van der Waals surface area contributed by atoms with E-state index in [0.717, 1.165) is 5.52 Å². The van der Waals surface area contributed by atoms with Crippen molar-refractivity contribution >= 4 is 28.6 Å². The van der Waals surface area contributed by atoms with Gasteiger partial charge in [0.2, 0.25) is 0 Å². The van der Waals surface area contributed by atoms with E-state index in [2.05, 4.69) is 9.97 Å². The zero-order valence-corrected chi connectivity index (χ0v) is 7.26. The zero-order chi connectivity index (χ0) is 9.42. The summed E-state index contributed by atoms with van der Waals surface area (Å²) in [7, 11) is 0. The van der Waals surface area contributed by atoms with Crippen LogP contribution in [0.3, 0.4) is 0 Å². The van der Waals surface area contributed by atoms with Crippen molar-refractivity contribution in [2.45, 2.75) is 0 Å². The minimum atomic E-state index is 0.298. The maximum atomic E-state index is 8.68. The first-order valence-corrected chi connectivity index (χ1v) is 3.94. The molecule has 64 valence electrons. The Morgan fingerprint density at radius 1 is 1.54 bits per heavy atom. The van der Waals surface area contributed by atoms with Gasteiger partial charge in [0.05, 0.1) is 16.1 Å². The molecule has 5 heteroatoms. The van der Waals surface area contributed by atoms with Crippen LogP contribution in [-0.2, 0) is 0 Å². The second-order valence-electron chi connectivity index (χ2n) is 2.56. The molecule has 1 aromatic carbocycles. The first-order chi connectivity index (χ1) is 6.22. The number of aromatic amines is 1. The fourth-order valence-electron chi connectivity index (χ4n) is 1.15. The molecule has 0 aliphatic heterocycles. The Labute approximate surface area is 78.9 Å². The van der Waals surface area contributed by atoms with Gasteiger partial charge in [-0.05, 0) is 12.1 Å². The van der Waals surface area contributed by atoms with E-state index in [-0.39, 0.29) is 0 Å². The number of imidazole rings is 1. The van der Waals surface area contributed by atoms with Gasteiger partial charge in [0, 0.05) is 0 Å². The summed E-state index contributed by atoms with van der Waals surface area (Å²) in [4.78, 5) is 6.78. The third-order valence-electron chi connectivity index (χ3n) is 1.73. The third-order valence-corrected chi connectivity index (χ3v) is 2.11. The number of hydrogen-bond donors (Lipinski definition) is 2. The number of fused-ring (bicyclic) bond motifs is 1. The van der Waals surface area contributed by atoms with Gasteiger partial charge in [-0.15, -0.1) is 0 Å². The van der Waals surface area contributed by atoms with Gasteiger partial charge in [0.1, 0.15) is 11.6 Å². The molecule has 0 saturated carbocycles. The van der Waals surface area contributed by atoms with Crippen LogP contribution in [0, 0.1) is 11.3 Å². The molecule has 0 atom stereocenters. The van der Waals surface area contributed by atoms with Crippen molar-refractivity contribution in [3.8, 4) is 6.07 Å². The number of benzene rings is 1. The highest BCUT2D eigenvalue weighted by Gasteiger charge is 2.08. The highest BCUT2D eigenvalue weighted by atomic mass is 35.5. The number of anilines is 1. The van der Waals surface area contributed by atoms with Crippen LogP contribution in [0.4, 0.5) is 5.95 Å². The number of hydrogen-bond acceptors (Lipinski definition) is 3. The molecule has 0 amide bonds. The highest BCUT2D eigenvalue weighted by molar-refractivity contribution is 6.36. The Morgan fingerprint density at radius 3 is 3.00 bits per heavy atom. The van der Waals surface area contributed by atoms with Crippen LogP contribution >= 0.6 is 11.6 Å². The molecule has 2 aromatic rings. The summed E-state index contributed by atoms with van der Waals surface area (Å²) in [5.41, 5.74) is 7.12. The predicted octanol–water partition coefficient (Wildman–Crippen LogP) is 1.67. The molecule has 0 radical (unpaired) electrons. The maximum absolute atomic E-state index is 8.68. The van der Waals surface area contributed by atoms with Crippen LogP contribution in [0.5, 0.6) is 0 Å². The van der Waals surface area contributed by atoms with Crippen molar-refractivity contribution in [2.75, 3.05) is 5.73 Å². The first-order valence-electron chi connectivity index (χ1n) is 3.56. The summed E-state index contributed by atoms with van der Waals surface area (Å²) in [6.45, 7) is 0. The monoisotopic (exact) mass is 192 g/mol. The van der Waals surface area contributed by atoms with Crippen LogP contribution in [0.1, 0.15) is 5.56 Å². The molecule has 1 heterocycles. The smallest absolute Gasteiger partial charge is 0.198 e. The van der Waals surface area contributed by atoms with Crippen molar-refractivity contribution < 1.29 is 0 Å². The van der Waals surface area contributed by atoms with E-state index in [1.807, 2.05) is 6.07 Å². The maximum Gasteiger partial charge on any atom is 0.198 e. The topological polar surface area (TPSA) is 78.5 Å². The van der Waals surface area contributed by atoms with Crippen LogP contribution < -0.4 is 5.73 Å². The van der Waals surface area contributed by atoms with E-state index in [1.165, 1.54) is 0 Å². The lowest BCUT2D eigenvalue weighted by atomic mass is 10.2. The van der Waals surface area contributed by atoms with Gasteiger partial charge in [0.15, 0.2) is 5.95 Å². The Morgan fingerprint density at radius 2 is 2.31 bits per heavy atom. The lowest BCUT2D eigenvalue weighted by molar-refractivity contribution is 1.35. The number of rotatable bonds is 0. The van der Waals surface area contributed by atoms with Crippen LogP contribution in [-0.4, -0.2) is 9.97 Å².